The normalized spacial score (nSPS) is 9.73. The molecule has 2 N–H and O–H groups in total. The van der Waals surface area contributed by atoms with E-state index in [2.05, 4.69) is 6.58 Å². The molecular weight excluding hydrogens is 194 g/mol. The largest absolute Gasteiger partial charge is 0.387 e. The molecule has 0 aliphatic heterocycles. The molecule has 1 amide bonds. The van der Waals surface area contributed by atoms with Gasteiger partial charge in [0, 0.05) is 5.70 Å². The summed E-state index contributed by atoms with van der Waals surface area (Å²) in [6.45, 7) is 2.56. The second-order valence-electron chi connectivity index (χ2n) is 2.93. The number of hydrogen-bond donors (Lipinski definition) is 2. The van der Waals surface area contributed by atoms with Gasteiger partial charge in [0.25, 0.3) is 5.91 Å². The molecule has 1 rings (SSSR count). The highest BCUT2D eigenvalue weighted by Gasteiger charge is 2.15. The smallest absolute Gasteiger partial charge is 0.254 e. The third-order valence-electron chi connectivity index (χ3n) is 2.01. The topological polar surface area (TPSA) is 60.8 Å². The van der Waals surface area contributed by atoms with Gasteiger partial charge in [0.1, 0.15) is 13.3 Å². The van der Waals surface area contributed by atoms with Gasteiger partial charge < -0.3 is 10.2 Å². The summed E-state index contributed by atoms with van der Waals surface area (Å²) in [5.41, 5.74) is 1.10. The Morgan fingerprint density at radius 2 is 1.87 bits per heavy atom. The Bertz CT molecular complexity index is 348. The van der Waals surface area contributed by atoms with E-state index in [1.807, 2.05) is 6.07 Å². The van der Waals surface area contributed by atoms with Gasteiger partial charge in [-0.05, 0) is 5.56 Å². The summed E-state index contributed by atoms with van der Waals surface area (Å²) in [7, 11) is 0. The molecule has 0 spiro atoms. The van der Waals surface area contributed by atoms with Crippen LogP contribution in [0.5, 0.6) is 0 Å². The molecule has 1 aromatic rings. The first-order chi connectivity index (χ1) is 7.20. The van der Waals surface area contributed by atoms with Gasteiger partial charge in [-0.3, -0.25) is 9.69 Å². The molecule has 0 aliphatic carbocycles. The Hall–Kier alpha value is -1.65. The Balaban J connectivity index is 2.87. The van der Waals surface area contributed by atoms with Crippen molar-refractivity contribution in [3.8, 4) is 0 Å². The Kier molecular flexibility index (Phi) is 4.03. The van der Waals surface area contributed by atoms with E-state index in [4.69, 9.17) is 10.2 Å². The highest BCUT2D eigenvalue weighted by atomic mass is 16.3. The summed E-state index contributed by atoms with van der Waals surface area (Å²) in [5.74, 6) is -0.577. The van der Waals surface area contributed by atoms with Crippen molar-refractivity contribution < 1.29 is 15.0 Å². The maximum Gasteiger partial charge on any atom is 0.254 e. The molecule has 0 aromatic heterocycles. The second-order valence-corrected chi connectivity index (χ2v) is 2.93. The monoisotopic (exact) mass is 207 g/mol. The van der Waals surface area contributed by atoms with E-state index in [1.165, 1.54) is 0 Å². The molecule has 0 saturated heterocycles. The molecule has 1 aromatic carbocycles. The zero-order chi connectivity index (χ0) is 11.3. The lowest BCUT2D eigenvalue weighted by atomic mass is 10.1. The summed E-state index contributed by atoms with van der Waals surface area (Å²) >= 11 is 0. The fourth-order valence-electron chi connectivity index (χ4n) is 1.19. The minimum absolute atomic E-state index is 0.372. The van der Waals surface area contributed by atoms with E-state index < -0.39 is 19.2 Å². The van der Waals surface area contributed by atoms with Crippen LogP contribution in [0.2, 0.25) is 0 Å². The standard InChI is InChI=1S/C11H13NO3/c1-9(10-5-3-2-4-6-10)12(8-14)11(15)7-13/h2-6,13-14H,1,7-8H2. The average molecular weight is 207 g/mol. The molecule has 0 fully saturated rings. The lowest BCUT2D eigenvalue weighted by molar-refractivity contribution is -0.133. The van der Waals surface area contributed by atoms with Gasteiger partial charge in [0.15, 0.2) is 0 Å². The predicted molar refractivity (Wildman–Crippen MR) is 56.5 cm³/mol. The molecule has 0 atom stereocenters. The lowest BCUT2D eigenvalue weighted by Crippen LogP contribution is -2.32. The van der Waals surface area contributed by atoms with Crippen LogP contribution in [-0.2, 0) is 4.79 Å². The van der Waals surface area contributed by atoms with Crippen LogP contribution in [0.25, 0.3) is 5.70 Å². The van der Waals surface area contributed by atoms with E-state index in [0.29, 0.717) is 5.70 Å². The number of hydrogen-bond acceptors (Lipinski definition) is 3. The van der Waals surface area contributed by atoms with Gasteiger partial charge in [0.2, 0.25) is 0 Å². The third kappa shape index (κ3) is 2.65. The van der Waals surface area contributed by atoms with Gasteiger partial charge in [-0.25, -0.2) is 0 Å². The predicted octanol–water partition coefficient (Wildman–Crippen LogP) is 0.428. The summed E-state index contributed by atoms with van der Waals surface area (Å²) < 4.78 is 0. The van der Waals surface area contributed by atoms with Crippen LogP contribution in [0.15, 0.2) is 36.9 Å². The zero-order valence-corrected chi connectivity index (χ0v) is 8.26. The number of amides is 1. The van der Waals surface area contributed by atoms with Crippen molar-refractivity contribution in [2.24, 2.45) is 0 Å². The molecule has 0 aliphatic rings. The van der Waals surface area contributed by atoms with Crippen LogP contribution in [0.4, 0.5) is 0 Å². The maximum atomic E-state index is 11.2. The van der Waals surface area contributed by atoms with Crippen molar-refractivity contribution in [3.63, 3.8) is 0 Å². The van der Waals surface area contributed by atoms with E-state index in [1.54, 1.807) is 24.3 Å². The fraction of sp³-hybridized carbons (Fsp3) is 0.182. The summed E-state index contributed by atoms with van der Waals surface area (Å²) in [4.78, 5) is 12.2. The van der Waals surface area contributed by atoms with Gasteiger partial charge in [-0.1, -0.05) is 36.9 Å². The summed E-state index contributed by atoms with van der Waals surface area (Å²) in [6, 6.07) is 9.00. The van der Waals surface area contributed by atoms with Gasteiger partial charge in [0.05, 0.1) is 0 Å². The molecule has 0 saturated carbocycles. The number of benzene rings is 1. The molecule has 0 heterocycles. The Labute approximate surface area is 88.1 Å². The quantitative estimate of drug-likeness (QED) is 0.704. The van der Waals surface area contributed by atoms with Crippen molar-refractivity contribution in [1.29, 1.82) is 0 Å². The van der Waals surface area contributed by atoms with Crippen LogP contribution in [0.1, 0.15) is 5.56 Å². The molecule has 0 radical (unpaired) electrons. The Morgan fingerprint density at radius 3 is 2.33 bits per heavy atom. The number of nitrogens with zero attached hydrogens (tertiary/aromatic N) is 1. The van der Waals surface area contributed by atoms with E-state index in [9.17, 15) is 4.79 Å². The number of carbonyl (C=O) groups is 1. The Morgan fingerprint density at radius 1 is 1.27 bits per heavy atom. The zero-order valence-electron chi connectivity index (χ0n) is 8.26. The van der Waals surface area contributed by atoms with Gasteiger partial charge in [-0.15, -0.1) is 0 Å². The second kappa shape index (κ2) is 5.29. The molecule has 15 heavy (non-hydrogen) atoms. The van der Waals surface area contributed by atoms with E-state index >= 15 is 0 Å². The number of aliphatic hydroxyl groups is 2. The highest BCUT2D eigenvalue weighted by Crippen LogP contribution is 2.16. The van der Waals surface area contributed by atoms with Gasteiger partial charge >= 0.3 is 0 Å². The van der Waals surface area contributed by atoms with Crippen molar-refractivity contribution in [2.45, 2.75) is 0 Å². The van der Waals surface area contributed by atoms with E-state index in [-0.39, 0.29) is 0 Å². The number of rotatable bonds is 4. The van der Waals surface area contributed by atoms with E-state index in [0.717, 1.165) is 10.5 Å². The van der Waals surface area contributed by atoms with Crippen LogP contribution < -0.4 is 0 Å². The number of aliphatic hydroxyl groups excluding tert-OH is 2. The first-order valence-corrected chi connectivity index (χ1v) is 4.47. The summed E-state index contributed by atoms with van der Waals surface area (Å²) in [5, 5.41) is 17.7. The molecule has 80 valence electrons. The van der Waals surface area contributed by atoms with Gasteiger partial charge in [-0.2, -0.15) is 0 Å². The highest BCUT2D eigenvalue weighted by molar-refractivity contribution is 5.86. The van der Waals surface area contributed by atoms with Crippen LogP contribution in [0.3, 0.4) is 0 Å². The third-order valence-corrected chi connectivity index (χ3v) is 2.01. The van der Waals surface area contributed by atoms with Crippen molar-refractivity contribution in [3.05, 3.63) is 42.5 Å². The average Bonchev–Trinajstić information content (AvgIpc) is 2.30. The number of carbonyl (C=O) groups excluding carboxylic acids is 1. The van der Waals surface area contributed by atoms with Crippen molar-refractivity contribution in [1.82, 2.24) is 4.90 Å². The first kappa shape index (κ1) is 11.4. The molecule has 4 heteroatoms. The first-order valence-electron chi connectivity index (χ1n) is 4.47. The molecule has 4 nitrogen and oxygen atoms in total. The molecular formula is C11H13NO3. The molecule has 0 unspecified atom stereocenters. The summed E-state index contributed by atoms with van der Waals surface area (Å²) in [6.07, 6.45) is 0. The molecule has 0 bridgehead atoms. The van der Waals surface area contributed by atoms with Crippen molar-refractivity contribution in [2.75, 3.05) is 13.3 Å². The van der Waals surface area contributed by atoms with Crippen LogP contribution >= 0.6 is 0 Å². The minimum atomic E-state index is -0.646. The van der Waals surface area contributed by atoms with Crippen LogP contribution in [-0.4, -0.2) is 34.4 Å². The SMILES string of the molecule is C=C(c1ccccc1)N(CO)C(=O)CO. The fourth-order valence-corrected chi connectivity index (χ4v) is 1.19. The maximum absolute atomic E-state index is 11.2. The van der Waals surface area contributed by atoms with Crippen LogP contribution in [0, 0.1) is 0 Å². The minimum Gasteiger partial charge on any atom is -0.387 e. The lowest BCUT2D eigenvalue weighted by Gasteiger charge is -2.21. The van der Waals surface area contributed by atoms with Crippen molar-refractivity contribution >= 4 is 11.6 Å².